The summed E-state index contributed by atoms with van der Waals surface area (Å²) in [6, 6.07) is 15.6. The van der Waals surface area contributed by atoms with Crippen LogP contribution in [0.15, 0.2) is 48.5 Å². The van der Waals surface area contributed by atoms with Gasteiger partial charge in [0.05, 0.1) is 32.5 Å². The zero-order valence-electron chi connectivity index (χ0n) is 15.3. The number of methoxy groups -OCH3 is 2. The third-order valence-electron chi connectivity index (χ3n) is 4.66. The predicted octanol–water partition coefficient (Wildman–Crippen LogP) is 3.18. The van der Waals surface area contributed by atoms with Gasteiger partial charge in [-0.15, -0.1) is 0 Å². The topological polar surface area (TPSA) is 48.0 Å². The van der Waals surface area contributed by atoms with Gasteiger partial charge in [0.1, 0.15) is 11.5 Å². The van der Waals surface area contributed by atoms with E-state index in [1.165, 1.54) is 5.56 Å². The number of aryl methyl sites for hydroxylation is 1. The lowest BCUT2D eigenvalue weighted by atomic mass is 10.1. The minimum atomic E-state index is -0.0301. The summed E-state index contributed by atoms with van der Waals surface area (Å²) < 4.78 is 16.4. The van der Waals surface area contributed by atoms with Crippen molar-refractivity contribution in [3.63, 3.8) is 0 Å². The summed E-state index contributed by atoms with van der Waals surface area (Å²) in [7, 11) is 3.16. The summed E-state index contributed by atoms with van der Waals surface area (Å²) in [6.45, 7) is 1.75. The predicted molar refractivity (Wildman–Crippen MR) is 100.0 cm³/mol. The first-order valence-electron chi connectivity index (χ1n) is 8.88. The third-order valence-corrected chi connectivity index (χ3v) is 4.66. The normalized spacial score (nSPS) is 17.0. The van der Waals surface area contributed by atoms with Gasteiger partial charge in [-0.05, 0) is 30.5 Å². The molecule has 0 aromatic heterocycles. The number of hydrogen-bond acceptors (Lipinski definition) is 4. The SMILES string of the molecule is COc1ccc(C(=O)N2CCO[C@@H](CCc3ccccc3)C2)c(OC)c1. The number of ether oxygens (including phenoxy) is 3. The van der Waals surface area contributed by atoms with Gasteiger partial charge in [-0.25, -0.2) is 0 Å². The summed E-state index contributed by atoms with van der Waals surface area (Å²) in [5.41, 5.74) is 1.84. The molecule has 0 N–H and O–H groups in total. The number of rotatable bonds is 6. The molecular weight excluding hydrogens is 330 g/mol. The monoisotopic (exact) mass is 355 g/mol. The molecule has 0 bridgehead atoms. The second-order valence-corrected chi connectivity index (χ2v) is 6.33. The maximum Gasteiger partial charge on any atom is 0.257 e. The van der Waals surface area contributed by atoms with Crippen molar-refractivity contribution in [2.24, 2.45) is 0 Å². The summed E-state index contributed by atoms with van der Waals surface area (Å²) in [4.78, 5) is 14.8. The van der Waals surface area contributed by atoms with E-state index in [9.17, 15) is 4.79 Å². The fourth-order valence-electron chi connectivity index (χ4n) is 3.20. The molecule has 1 atom stereocenters. The van der Waals surface area contributed by atoms with Gasteiger partial charge in [-0.2, -0.15) is 0 Å². The Morgan fingerprint density at radius 2 is 1.96 bits per heavy atom. The summed E-state index contributed by atoms with van der Waals surface area (Å²) in [5.74, 6) is 1.17. The van der Waals surface area contributed by atoms with Crippen LogP contribution >= 0.6 is 0 Å². The van der Waals surface area contributed by atoms with Crippen LogP contribution in [0.1, 0.15) is 22.3 Å². The molecule has 0 unspecified atom stereocenters. The summed E-state index contributed by atoms with van der Waals surface area (Å²) in [5, 5.41) is 0. The van der Waals surface area contributed by atoms with Gasteiger partial charge < -0.3 is 19.1 Å². The largest absolute Gasteiger partial charge is 0.497 e. The van der Waals surface area contributed by atoms with Gasteiger partial charge >= 0.3 is 0 Å². The number of carbonyl (C=O) groups excluding carboxylic acids is 1. The van der Waals surface area contributed by atoms with Gasteiger partial charge in [0.25, 0.3) is 5.91 Å². The first kappa shape index (κ1) is 18.3. The number of morpholine rings is 1. The van der Waals surface area contributed by atoms with Crippen molar-refractivity contribution >= 4 is 5.91 Å². The van der Waals surface area contributed by atoms with Crippen LogP contribution in [-0.4, -0.2) is 50.8 Å². The molecule has 5 heteroatoms. The van der Waals surface area contributed by atoms with Crippen LogP contribution in [0.3, 0.4) is 0 Å². The molecule has 1 amide bonds. The molecule has 0 aliphatic carbocycles. The van der Waals surface area contributed by atoms with E-state index in [4.69, 9.17) is 14.2 Å². The van der Waals surface area contributed by atoms with Crippen molar-refractivity contribution < 1.29 is 19.0 Å². The molecule has 2 aromatic rings. The van der Waals surface area contributed by atoms with Crippen molar-refractivity contribution in [3.8, 4) is 11.5 Å². The van der Waals surface area contributed by atoms with E-state index < -0.39 is 0 Å². The van der Waals surface area contributed by atoms with Crippen LogP contribution in [-0.2, 0) is 11.2 Å². The average molecular weight is 355 g/mol. The number of nitrogens with zero attached hydrogens (tertiary/aromatic N) is 1. The van der Waals surface area contributed by atoms with Crippen LogP contribution < -0.4 is 9.47 Å². The Morgan fingerprint density at radius 1 is 1.15 bits per heavy atom. The fourth-order valence-corrected chi connectivity index (χ4v) is 3.20. The van der Waals surface area contributed by atoms with Crippen LogP contribution in [0.5, 0.6) is 11.5 Å². The minimum Gasteiger partial charge on any atom is -0.497 e. The zero-order valence-corrected chi connectivity index (χ0v) is 15.3. The molecule has 0 radical (unpaired) electrons. The van der Waals surface area contributed by atoms with Crippen molar-refractivity contribution in [2.75, 3.05) is 33.9 Å². The number of amides is 1. The molecular formula is C21H25NO4. The molecule has 1 saturated heterocycles. The molecule has 26 heavy (non-hydrogen) atoms. The van der Waals surface area contributed by atoms with Gasteiger partial charge in [0.2, 0.25) is 0 Å². The van der Waals surface area contributed by atoms with E-state index in [1.54, 1.807) is 32.4 Å². The molecule has 3 rings (SSSR count). The van der Waals surface area contributed by atoms with E-state index in [0.717, 1.165) is 12.8 Å². The summed E-state index contributed by atoms with van der Waals surface area (Å²) in [6.07, 6.45) is 1.89. The van der Waals surface area contributed by atoms with E-state index in [0.29, 0.717) is 36.8 Å². The van der Waals surface area contributed by atoms with E-state index in [-0.39, 0.29) is 12.0 Å². The van der Waals surface area contributed by atoms with Crippen molar-refractivity contribution in [3.05, 3.63) is 59.7 Å². The highest BCUT2D eigenvalue weighted by Crippen LogP contribution is 2.26. The Hall–Kier alpha value is -2.53. The quantitative estimate of drug-likeness (QED) is 0.799. The maximum absolute atomic E-state index is 12.9. The molecule has 138 valence electrons. The second kappa shape index (κ2) is 8.72. The lowest BCUT2D eigenvalue weighted by Crippen LogP contribution is -2.45. The third kappa shape index (κ3) is 4.35. The molecule has 1 fully saturated rings. The molecule has 0 saturated carbocycles. The molecule has 0 spiro atoms. The van der Waals surface area contributed by atoms with E-state index in [2.05, 4.69) is 12.1 Å². The highest BCUT2D eigenvalue weighted by molar-refractivity contribution is 5.97. The van der Waals surface area contributed by atoms with Gasteiger partial charge in [0, 0.05) is 19.2 Å². The van der Waals surface area contributed by atoms with Crippen LogP contribution in [0.4, 0.5) is 0 Å². The minimum absolute atomic E-state index is 0.0301. The molecule has 5 nitrogen and oxygen atoms in total. The Kier molecular flexibility index (Phi) is 6.12. The highest BCUT2D eigenvalue weighted by Gasteiger charge is 2.26. The lowest BCUT2D eigenvalue weighted by Gasteiger charge is -2.33. The van der Waals surface area contributed by atoms with Crippen LogP contribution in [0.2, 0.25) is 0 Å². The Bertz CT molecular complexity index is 732. The Labute approximate surface area is 154 Å². The van der Waals surface area contributed by atoms with Gasteiger partial charge in [-0.1, -0.05) is 30.3 Å². The lowest BCUT2D eigenvalue weighted by molar-refractivity contribution is -0.0246. The molecule has 1 aliphatic heterocycles. The molecule has 2 aromatic carbocycles. The Balaban J connectivity index is 1.64. The number of hydrogen-bond donors (Lipinski definition) is 0. The highest BCUT2D eigenvalue weighted by atomic mass is 16.5. The van der Waals surface area contributed by atoms with E-state index >= 15 is 0 Å². The van der Waals surface area contributed by atoms with Crippen molar-refractivity contribution in [1.29, 1.82) is 0 Å². The second-order valence-electron chi connectivity index (χ2n) is 6.33. The van der Waals surface area contributed by atoms with Crippen LogP contribution in [0, 0.1) is 0 Å². The first-order valence-corrected chi connectivity index (χ1v) is 8.88. The number of benzene rings is 2. The van der Waals surface area contributed by atoms with Gasteiger partial charge in [0.15, 0.2) is 0 Å². The van der Waals surface area contributed by atoms with Gasteiger partial charge in [-0.3, -0.25) is 4.79 Å². The number of carbonyl (C=O) groups is 1. The van der Waals surface area contributed by atoms with Crippen molar-refractivity contribution in [2.45, 2.75) is 18.9 Å². The summed E-state index contributed by atoms with van der Waals surface area (Å²) >= 11 is 0. The van der Waals surface area contributed by atoms with Crippen LogP contribution in [0.25, 0.3) is 0 Å². The van der Waals surface area contributed by atoms with E-state index in [1.807, 2.05) is 23.1 Å². The van der Waals surface area contributed by atoms with Crippen molar-refractivity contribution in [1.82, 2.24) is 4.90 Å². The fraction of sp³-hybridized carbons (Fsp3) is 0.381. The average Bonchev–Trinajstić information content (AvgIpc) is 2.72. The molecule has 1 aliphatic rings. The first-order chi connectivity index (χ1) is 12.7. The molecule has 1 heterocycles. The standard InChI is InChI=1S/C21H25NO4/c1-24-17-10-11-19(20(14-17)25-2)21(23)22-12-13-26-18(15-22)9-8-16-6-4-3-5-7-16/h3-7,10-11,14,18H,8-9,12-13,15H2,1-2H3/t18-/m0/s1. The maximum atomic E-state index is 12.9. The smallest absolute Gasteiger partial charge is 0.257 e. The Morgan fingerprint density at radius 3 is 2.69 bits per heavy atom. The zero-order chi connectivity index (χ0) is 18.4.